The molecule has 2 heterocycles. The molecule has 0 bridgehead atoms. The molecule has 1 saturated heterocycles. The minimum absolute atomic E-state index is 0.489. The third-order valence-electron chi connectivity index (χ3n) is 4.09. The van der Waals surface area contributed by atoms with Gasteiger partial charge in [0.15, 0.2) is 0 Å². The highest BCUT2D eigenvalue weighted by Crippen LogP contribution is 2.24. The van der Waals surface area contributed by atoms with Crippen LogP contribution in [0.2, 0.25) is 5.02 Å². The van der Waals surface area contributed by atoms with Crippen LogP contribution in [0.25, 0.3) is 0 Å². The van der Waals surface area contributed by atoms with E-state index in [1.165, 1.54) is 12.2 Å². The second kappa shape index (κ2) is 5.98. The van der Waals surface area contributed by atoms with Crippen LogP contribution in [0.4, 0.5) is 0 Å². The van der Waals surface area contributed by atoms with Gasteiger partial charge >= 0.3 is 0 Å². The summed E-state index contributed by atoms with van der Waals surface area (Å²) in [5, 5.41) is 0.729. The van der Waals surface area contributed by atoms with Gasteiger partial charge in [-0.05, 0) is 31.0 Å². The van der Waals surface area contributed by atoms with Crippen molar-refractivity contribution >= 4 is 17.5 Å². The number of benzene rings is 1. The summed E-state index contributed by atoms with van der Waals surface area (Å²) in [7, 11) is 2.13. The van der Waals surface area contributed by atoms with Crippen molar-refractivity contribution < 1.29 is 4.74 Å². The molecule has 3 rings (SSSR count). The molecule has 1 aromatic carbocycles. The summed E-state index contributed by atoms with van der Waals surface area (Å²) < 4.78 is 5.82. The number of aliphatic imine (C=N–C) groups is 1. The smallest absolute Gasteiger partial charge is 0.214 e. The number of halogens is 1. The van der Waals surface area contributed by atoms with Gasteiger partial charge in [-0.25, -0.2) is 4.99 Å². The number of nitrogens with zero attached hydrogens (tertiary/aromatic N) is 3. The summed E-state index contributed by atoms with van der Waals surface area (Å²) in [4.78, 5) is 9.07. The molecule has 1 aromatic rings. The van der Waals surface area contributed by atoms with E-state index < -0.39 is 0 Å². The van der Waals surface area contributed by atoms with Gasteiger partial charge < -0.3 is 14.5 Å². The maximum atomic E-state index is 5.98. The molecule has 0 radical (unpaired) electrons. The lowest BCUT2D eigenvalue weighted by molar-refractivity contribution is 0.133. The molecule has 2 aliphatic rings. The van der Waals surface area contributed by atoms with Crippen LogP contribution in [-0.4, -0.2) is 42.0 Å². The van der Waals surface area contributed by atoms with Gasteiger partial charge in [0.25, 0.3) is 0 Å². The molecule has 0 aromatic heterocycles. The molecule has 5 heteroatoms. The minimum atomic E-state index is 0.489. The van der Waals surface area contributed by atoms with Crippen molar-refractivity contribution in [2.45, 2.75) is 26.0 Å². The molecular weight excluding hydrogens is 286 g/mol. The molecule has 1 fully saturated rings. The van der Waals surface area contributed by atoms with E-state index >= 15 is 0 Å². The van der Waals surface area contributed by atoms with E-state index in [9.17, 15) is 0 Å². The van der Waals surface area contributed by atoms with Gasteiger partial charge in [0.1, 0.15) is 19.1 Å². The molecule has 4 nitrogen and oxygen atoms in total. The Labute approximate surface area is 130 Å². The van der Waals surface area contributed by atoms with Crippen molar-refractivity contribution in [1.29, 1.82) is 0 Å². The van der Waals surface area contributed by atoms with Crippen LogP contribution in [0.1, 0.15) is 18.9 Å². The lowest BCUT2D eigenvalue weighted by Gasteiger charge is -2.43. The normalized spacial score (nSPS) is 21.6. The Morgan fingerprint density at radius 3 is 3.10 bits per heavy atom. The van der Waals surface area contributed by atoms with E-state index in [1.54, 1.807) is 0 Å². The SMILES string of the molecule is C[C@H]1CCN2CN=C(OCc3cccc(Cl)c3)C=C2N1C. The first kappa shape index (κ1) is 14.3. The van der Waals surface area contributed by atoms with Crippen LogP contribution < -0.4 is 0 Å². The highest BCUT2D eigenvalue weighted by atomic mass is 35.5. The molecule has 21 heavy (non-hydrogen) atoms. The quantitative estimate of drug-likeness (QED) is 0.840. The van der Waals surface area contributed by atoms with Crippen molar-refractivity contribution in [2.24, 2.45) is 4.99 Å². The summed E-state index contributed by atoms with van der Waals surface area (Å²) in [5.41, 5.74) is 1.05. The molecule has 0 spiro atoms. The summed E-state index contributed by atoms with van der Waals surface area (Å²) in [5.74, 6) is 1.90. The Morgan fingerprint density at radius 2 is 2.29 bits per heavy atom. The van der Waals surface area contributed by atoms with E-state index in [1.807, 2.05) is 30.3 Å². The Morgan fingerprint density at radius 1 is 1.43 bits per heavy atom. The number of ether oxygens (including phenoxy) is 1. The Hall–Kier alpha value is -1.68. The third kappa shape index (κ3) is 3.16. The zero-order valence-electron chi connectivity index (χ0n) is 12.4. The second-order valence-corrected chi connectivity index (χ2v) is 6.01. The molecule has 0 N–H and O–H groups in total. The van der Waals surface area contributed by atoms with Gasteiger partial charge in [0.2, 0.25) is 5.90 Å². The summed E-state index contributed by atoms with van der Waals surface area (Å²) >= 11 is 5.98. The first-order valence-corrected chi connectivity index (χ1v) is 7.62. The van der Waals surface area contributed by atoms with Gasteiger partial charge in [-0.3, -0.25) is 0 Å². The lowest BCUT2D eigenvalue weighted by atomic mass is 10.1. The Bertz CT molecular complexity index is 585. The lowest BCUT2D eigenvalue weighted by Crippen LogP contribution is -2.47. The number of rotatable bonds is 2. The Kier molecular flexibility index (Phi) is 4.06. The summed E-state index contributed by atoms with van der Waals surface area (Å²) in [6, 6.07) is 8.27. The molecule has 2 aliphatic heterocycles. The van der Waals surface area contributed by atoms with Crippen molar-refractivity contribution in [1.82, 2.24) is 9.80 Å². The predicted octanol–water partition coefficient (Wildman–Crippen LogP) is 3.09. The Balaban J connectivity index is 1.67. The minimum Gasteiger partial charge on any atom is -0.473 e. The molecule has 0 saturated carbocycles. The van der Waals surface area contributed by atoms with Gasteiger partial charge in [-0.2, -0.15) is 0 Å². The molecular formula is C16H20ClN3O. The zero-order chi connectivity index (χ0) is 14.8. The van der Waals surface area contributed by atoms with Crippen LogP contribution in [0.3, 0.4) is 0 Å². The highest BCUT2D eigenvalue weighted by molar-refractivity contribution is 6.30. The van der Waals surface area contributed by atoms with Crippen LogP contribution in [0, 0.1) is 0 Å². The highest BCUT2D eigenvalue weighted by Gasteiger charge is 2.27. The molecule has 0 unspecified atom stereocenters. The molecule has 1 atom stereocenters. The van der Waals surface area contributed by atoms with Crippen LogP contribution >= 0.6 is 11.6 Å². The molecule has 112 valence electrons. The summed E-state index contributed by atoms with van der Waals surface area (Å²) in [6.07, 6.45) is 3.20. The van der Waals surface area contributed by atoms with E-state index in [0.717, 1.165) is 17.1 Å². The number of fused-ring (bicyclic) bond motifs is 1. The first-order valence-electron chi connectivity index (χ1n) is 7.24. The monoisotopic (exact) mass is 305 g/mol. The molecule has 0 aliphatic carbocycles. The van der Waals surface area contributed by atoms with Gasteiger partial charge in [-0.15, -0.1) is 0 Å². The second-order valence-electron chi connectivity index (χ2n) is 5.57. The van der Waals surface area contributed by atoms with E-state index in [0.29, 0.717) is 25.2 Å². The fraction of sp³-hybridized carbons (Fsp3) is 0.438. The zero-order valence-corrected chi connectivity index (χ0v) is 13.2. The summed E-state index contributed by atoms with van der Waals surface area (Å²) in [6.45, 7) is 4.47. The largest absolute Gasteiger partial charge is 0.473 e. The maximum Gasteiger partial charge on any atom is 0.214 e. The fourth-order valence-electron chi connectivity index (χ4n) is 2.62. The van der Waals surface area contributed by atoms with Crippen LogP contribution in [0.15, 0.2) is 41.2 Å². The first-order chi connectivity index (χ1) is 10.1. The van der Waals surface area contributed by atoms with Crippen molar-refractivity contribution in [2.75, 3.05) is 20.3 Å². The van der Waals surface area contributed by atoms with Crippen molar-refractivity contribution in [3.63, 3.8) is 0 Å². The maximum absolute atomic E-state index is 5.98. The van der Waals surface area contributed by atoms with E-state index in [-0.39, 0.29) is 0 Å². The average Bonchev–Trinajstić information content (AvgIpc) is 2.49. The van der Waals surface area contributed by atoms with E-state index in [4.69, 9.17) is 16.3 Å². The van der Waals surface area contributed by atoms with Crippen molar-refractivity contribution in [3.8, 4) is 0 Å². The standard InChI is InChI=1S/C16H20ClN3O/c1-12-6-7-20-11-18-15(9-16(20)19(12)2)21-10-13-4-3-5-14(17)8-13/h3-5,8-9,12H,6-7,10-11H2,1-2H3/t12-/m0/s1. The van der Waals surface area contributed by atoms with Gasteiger partial charge in [0.05, 0.1) is 0 Å². The van der Waals surface area contributed by atoms with Gasteiger partial charge in [0, 0.05) is 30.7 Å². The molecule has 0 amide bonds. The average molecular weight is 306 g/mol. The van der Waals surface area contributed by atoms with Crippen LogP contribution in [-0.2, 0) is 11.3 Å². The predicted molar refractivity (Wildman–Crippen MR) is 85.2 cm³/mol. The topological polar surface area (TPSA) is 28.1 Å². The number of hydrogen-bond acceptors (Lipinski definition) is 4. The van der Waals surface area contributed by atoms with Crippen LogP contribution in [0.5, 0.6) is 0 Å². The van der Waals surface area contributed by atoms with E-state index in [2.05, 4.69) is 28.8 Å². The third-order valence-corrected chi connectivity index (χ3v) is 4.32. The number of hydrogen-bond donors (Lipinski definition) is 0. The van der Waals surface area contributed by atoms with Gasteiger partial charge in [-0.1, -0.05) is 23.7 Å². The van der Waals surface area contributed by atoms with Crippen molar-refractivity contribution in [3.05, 3.63) is 46.7 Å². The fourth-order valence-corrected chi connectivity index (χ4v) is 2.83.